The maximum absolute atomic E-state index is 12.4. The number of piperidine rings is 1. The first-order valence-electron chi connectivity index (χ1n) is 7.24. The lowest BCUT2D eigenvalue weighted by Gasteiger charge is -2.30. The van der Waals surface area contributed by atoms with Gasteiger partial charge >= 0.3 is 5.97 Å². The van der Waals surface area contributed by atoms with E-state index in [1.165, 1.54) is 4.90 Å². The van der Waals surface area contributed by atoms with Crippen LogP contribution < -0.4 is 0 Å². The Kier molecular flexibility index (Phi) is 4.80. The Labute approximate surface area is 129 Å². The predicted octanol–water partition coefficient (Wildman–Crippen LogP) is 1.33. The number of amides is 2. The summed E-state index contributed by atoms with van der Waals surface area (Å²) in [5.41, 5.74) is 0.991. The second-order valence-corrected chi connectivity index (χ2v) is 5.71. The van der Waals surface area contributed by atoms with Gasteiger partial charge in [-0.2, -0.15) is 0 Å². The molecule has 0 bridgehead atoms. The summed E-state index contributed by atoms with van der Waals surface area (Å²) in [6, 6.07) is 6.47. The van der Waals surface area contributed by atoms with E-state index in [9.17, 15) is 14.4 Å². The highest BCUT2D eigenvalue weighted by molar-refractivity contribution is 5.97. The molecule has 1 aromatic carbocycles. The monoisotopic (exact) mass is 304 g/mol. The van der Waals surface area contributed by atoms with Crippen molar-refractivity contribution in [3.8, 4) is 0 Å². The fourth-order valence-corrected chi connectivity index (χ4v) is 2.56. The number of carboxylic acid groups (broad SMARTS) is 1. The summed E-state index contributed by atoms with van der Waals surface area (Å²) in [5, 5.41) is 9.08. The van der Waals surface area contributed by atoms with Crippen LogP contribution in [0.5, 0.6) is 0 Å². The number of carbonyl (C=O) groups is 3. The van der Waals surface area contributed by atoms with Crippen molar-refractivity contribution < 1.29 is 19.5 Å². The average molecular weight is 304 g/mol. The van der Waals surface area contributed by atoms with Crippen LogP contribution in [0.1, 0.15) is 33.6 Å². The second kappa shape index (κ2) is 6.60. The van der Waals surface area contributed by atoms with Crippen molar-refractivity contribution in [2.24, 2.45) is 5.92 Å². The van der Waals surface area contributed by atoms with Gasteiger partial charge in [0.25, 0.3) is 11.8 Å². The number of carboxylic acids is 1. The topological polar surface area (TPSA) is 77.9 Å². The molecule has 118 valence electrons. The SMILES string of the molecule is CN(C)C(=O)c1ccc(C(=O)N2CCC[C@H](C(=O)O)C2)cc1. The van der Waals surface area contributed by atoms with Crippen molar-refractivity contribution in [3.63, 3.8) is 0 Å². The Morgan fingerprint density at radius 3 is 2.27 bits per heavy atom. The molecular formula is C16H20N2O4. The third-order valence-corrected chi connectivity index (χ3v) is 3.84. The first kappa shape index (κ1) is 16.0. The van der Waals surface area contributed by atoms with Gasteiger partial charge in [-0.25, -0.2) is 0 Å². The van der Waals surface area contributed by atoms with Crippen molar-refractivity contribution >= 4 is 17.8 Å². The Hall–Kier alpha value is -2.37. The second-order valence-electron chi connectivity index (χ2n) is 5.71. The maximum Gasteiger partial charge on any atom is 0.308 e. The molecule has 0 radical (unpaired) electrons. The Bertz CT molecular complexity index is 580. The zero-order chi connectivity index (χ0) is 16.3. The third kappa shape index (κ3) is 3.44. The predicted molar refractivity (Wildman–Crippen MR) is 80.7 cm³/mol. The van der Waals surface area contributed by atoms with Gasteiger partial charge in [-0.15, -0.1) is 0 Å². The van der Waals surface area contributed by atoms with Crippen LogP contribution in [0.15, 0.2) is 24.3 Å². The van der Waals surface area contributed by atoms with Crippen LogP contribution in [0.2, 0.25) is 0 Å². The average Bonchev–Trinajstić information content (AvgIpc) is 2.53. The fraction of sp³-hybridized carbons (Fsp3) is 0.438. The summed E-state index contributed by atoms with van der Waals surface area (Å²) in [6.45, 7) is 0.813. The molecule has 22 heavy (non-hydrogen) atoms. The minimum Gasteiger partial charge on any atom is -0.481 e. The van der Waals surface area contributed by atoms with E-state index >= 15 is 0 Å². The fourth-order valence-electron chi connectivity index (χ4n) is 2.56. The molecule has 0 saturated carbocycles. The van der Waals surface area contributed by atoms with Gasteiger partial charge in [-0.1, -0.05) is 0 Å². The lowest BCUT2D eigenvalue weighted by atomic mass is 9.97. The lowest BCUT2D eigenvalue weighted by Crippen LogP contribution is -2.42. The van der Waals surface area contributed by atoms with E-state index in [2.05, 4.69) is 0 Å². The number of aliphatic carboxylic acids is 1. The smallest absolute Gasteiger partial charge is 0.308 e. The number of benzene rings is 1. The first-order valence-corrected chi connectivity index (χ1v) is 7.24. The van der Waals surface area contributed by atoms with Crippen LogP contribution in [-0.4, -0.2) is 59.9 Å². The van der Waals surface area contributed by atoms with Crippen molar-refractivity contribution in [1.29, 1.82) is 0 Å². The van der Waals surface area contributed by atoms with E-state index in [0.717, 1.165) is 0 Å². The van der Waals surface area contributed by atoms with Gasteiger partial charge in [-0.3, -0.25) is 14.4 Å². The van der Waals surface area contributed by atoms with E-state index < -0.39 is 11.9 Å². The van der Waals surface area contributed by atoms with Crippen LogP contribution in [0, 0.1) is 5.92 Å². The molecule has 6 heteroatoms. The summed E-state index contributed by atoms with van der Waals surface area (Å²) in [6.07, 6.45) is 1.30. The molecule has 2 rings (SSSR count). The number of rotatable bonds is 3. The first-order chi connectivity index (χ1) is 10.4. The molecule has 2 amide bonds. The number of hydrogen-bond donors (Lipinski definition) is 1. The Morgan fingerprint density at radius 2 is 1.73 bits per heavy atom. The molecule has 1 fully saturated rings. The van der Waals surface area contributed by atoms with Gasteiger partial charge < -0.3 is 14.9 Å². The molecule has 1 heterocycles. The molecule has 1 saturated heterocycles. The highest BCUT2D eigenvalue weighted by Gasteiger charge is 2.28. The summed E-state index contributed by atoms with van der Waals surface area (Å²) >= 11 is 0. The zero-order valence-corrected chi connectivity index (χ0v) is 12.8. The molecule has 0 aliphatic carbocycles. The Morgan fingerprint density at radius 1 is 1.14 bits per heavy atom. The molecule has 1 aliphatic heterocycles. The molecule has 0 spiro atoms. The quantitative estimate of drug-likeness (QED) is 0.913. The van der Waals surface area contributed by atoms with Crippen LogP contribution in [0.25, 0.3) is 0 Å². The summed E-state index contributed by atoms with van der Waals surface area (Å²) < 4.78 is 0. The van der Waals surface area contributed by atoms with E-state index in [0.29, 0.717) is 30.5 Å². The summed E-state index contributed by atoms with van der Waals surface area (Å²) in [5.74, 6) is -1.66. The summed E-state index contributed by atoms with van der Waals surface area (Å²) in [4.78, 5) is 38.3. The van der Waals surface area contributed by atoms with Crippen molar-refractivity contribution in [3.05, 3.63) is 35.4 Å². The van der Waals surface area contributed by atoms with Crippen molar-refractivity contribution in [1.82, 2.24) is 9.80 Å². The standard InChI is InChI=1S/C16H20N2O4/c1-17(2)14(19)11-5-7-12(8-6-11)15(20)18-9-3-4-13(10-18)16(21)22/h5-8,13H,3-4,9-10H2,1-2H3,(H,21,22)/t13-/m0/s1. The van der Waals surface area contributed by atoms with Gasteiger partial charge in [-0.05, 0) is 37.1 Å². The maximum atomic E-state index is 12.4. The molecule has 1 atom stereocenters. The Balaban J connectivity index is 2.09. The minimum absolute atomic E-state index is 0.122. The molecule has 6 nitrogen and oxygen atoms in total. The molecule has 1 N–H and O–H groups in total. The van der Waals surface area contributed by atoms with Crippen LogP contribution >= 0.6 is 0 Å². The number of likely N-dealkylation sites (tertiary alicyclic amines) is 1. The molecular weight excluding hydrogens is 284 g/mol. The normalized spacial score (nSPS) is 17.9. The van der Waals surface area contributed by atoms with E-state index in [4.69, 9.17) is 5.11 Å². The van der Waals surface area contributed by atoms with Crippen LogP contribution in [-0.2, 0) is 4.79 Å². The van der Waals surface area contributed by atoms with E-state index in [1.54, 1.807) is 43.3 Å². The van der Waals surface area contributed by atoms with Gasteiger partial charge in [0.2, 0.25) is 0 Å². The number of hydrogen-bond acceptors (Lipinski definition) is 3. The third-order valence-electron chi connectivity index (χ3n) is 3.84. The molecule has 1 aromatic rings. The van der Waals surface area contributed by atoms with E-state index in [1.807, 2.05) is 0 Å². The van der Waals surface area contributed by atoms with Crippen LogP contribution in [0.4, 0.5) is 0 Å². The minimum atomic E-state index is -0.857. The van der Waals surface area contributed by atoms with Gasteiger partial charge in [0.15, 0.2) is 0 Å². The van der Waals surface area contributed by atoms with Crippen molar-refractivity contribution in [2.45, 2.75) is 12.8 Å². The highest BCUT2D eigenvalue weighted by Crippen LogP contribution is 2.19. The van der Waals surface area contributed by atoms with E-state index in [-0.39, 0.29) is 18.4 Å². The number of nitrogens with zero attached hydrogens (tertiary/aromatic N) is 2. The number of carbonyl (C=O) groups excluding carboxylic acids is 2. The lowest BCUT2D eigenvalue weighted by molar-refractivity contribution is -0.143. The van der Waals surface area contributed by atoms with Crippen molar-refractivity contribution in [2.75, 3.05) is 27.2 Å². The van der Waals surface area contributed by atoms with Gasteiger partial charge in [0.1, 0.15) is 0 Å². The largest absolute Gasteiger partial charge is 0.481 e. The summed E-state index contributed by atoms with van der Waals surface area (Å²) in [7, 11) is 3.34. The zero-order valence-electron chi connectivity index (χ0n) is 12.8. The van der Waals surface area contributed by atoms with Gasteiger partial charge in [0.05, 0.1) is 5.92 Å². The van der Waals surface area contributed by atoms with Gasteiger partial charge in [0, 0.05) is 38.3 Å². The highest BCUT2D eigenvalue weighted by atomic mass is 16.4. The molecule has 1 aliphatic rings. The van der Waals surface area contributed by atoms with Crippen LogP contribution in [0.3, 0.4) is 0 Å². The molecule has 0 unspecified atom stereocenters. The molecule has 0 aromatic heterocycles.